The van der Waals surface area contributed by atoms with E-state index in [9.17, 15) is 17.9 Å². The molecule has 2 heterocycles. The quantitative estimate of drug-likeness (QED) is 0.565. The second kappa shape index (κ2) is 7.99. The van der Waals surface area contributed by atoms with Gasteiger partial charge < -0.3 is 9.12 Å². The van der Waals surface area contributed by atoms with Gasteiger partial charge in [-0.2, -0.15) is 0 Å². The van der Waals surface area contributed by atoms with Gasteiger partial charge in [-0.25, -0.2) is 9.11 Å². The summed E-state index contributed by atoms with van der Waals surface area (Å²) in [7, 11) is 1.68. The predicted octanol–water partition coefficient (Wildman–Crippen LogP) is 4.13. The lowest BCUT2D eigenvalue weighted by Gasteiger charge is -2.23. The van der Waals surface area contributed by atoms with Crippen molar-refractivity contribution in [3.05, 3.63) is 92.1 Å². The van der Waals surface area contributed by atoms with Gasteiger partial charge >= 0.3 is 0 Å². The highest BCUT2D eigenvalue weighted by atomic mass is 35.5. The Labute approximate surface area is 197 Å². The first kappa shape index (κ1) is 22.2. The molecule has 1 saturated carbocycles. The maximum absolute atomic E-state index is 13.6. The van der Waals surface area contributed by atoms with E-state index in [0.29, 0.717) is 34.7 Å². The topological polar surface area (TPSA) is 86.5 Å². The smallest absolute Gasteiger partial charge is 0.250 e. The minimum absolute atomic E-state index is 0.154. The van der Waals surface area contributed by atoms with E-state index in [1.807, 2.05) is 13.0 Å². The third-order valence-electron chi connectivity index (χ3n) is 6.35. The third-order valence-corrected chi connectivity index (χ3v) is 7.22. The minimum atomic E-state index is -2.45. The predicted molar refractivity (Wildman–Crippen MR) is 126 cm³/mol. The highest BCUT2D eigenvalue weighted by molar-refractivity contribution is 7.77. The Balaban J connectivity index is 1.81. The van der Waals surface area contributed by atoms with Crippen LogP contribution in [0.25, 0.3) is 11.1 Å². The van der Waals surface area contributed by atoms with Crippen LogP contribution in [0.5, 0.6) is 0 Å². The van der Waals surface area contributed by atoms with Crippen molar-refractivity contribution in [2.24, 2.45) is 12.0 Å². The molecule has 0 saturated heterocycles. The zero-order valence-corrected chi connectivity index (χ0v) is 19.5. The highest BCUT2D eigenvalue weighted by Gasteiger charge is 2.46. The lowest BCUT2D eigenvalue weighted by molar-refractivity contribution is 0.501. The zero-order chi connectivity index (χ0) is 23.5. The average molecular weight is 485 g/mol. The van der Waals surface area contributed by atoms with Crippen molar-refractivity contribution in [1.82, 2.24) is 9.29 Å². The van der Waals surface area contributed by atoms with Gasteiger partial charge in [-0.1, -0.05) is 11.6 Å². The number of benzene rings is 2. The van der Waals surface area contributed by atoms with Gasteiger partial charge in [-0.05, 0) is 72.9 Å². The second-order valence-electron chi connectivity index (χ2n) is 8.55. The Kier molecular flexibility index (Phi) is 5.36. The molecule has 2 atom stereocenters. The number of halogens is 2. The fourth-order valence-corrected chi connectivity index (χ4v) is 5.43. The van der Waals surface area contributed by atoms with E-state index in [1.54, 1.807) is 37.5 Å². The van der Waals surface area contributed by atoms with Crippen LogP contribution in [0, 0.1) is 5.82 Å². The lowest BCUT2D eigenvalue weighted by atomic mass is 9.89. The molecule has 33 heavy (non-hydrogen) atoms. The molecule has 3 aromatic rings. The molecule has 0 radical (unpaired) electrons. The summed E-state index contributed by atoms with van der Waals surface area (Å²) in [5.41, 5.74) is 4.22. The number of aryl methyl sites for hydroxylation is 1. The Morgan fingerprint density at radius 3 is 2.52 bits per heavy atom. The summed E-state index contributed by atoms with van der Waals surface area (Å²) in [5, 5.41) is 0.417. The largest absolute Gasteiger partial charge is 0.760 e. The molecule has 6 nitrogen and oxygen atoms in total. The van der Waals surface area contributed by atoms with Crippen LogP contribution in [0.3, 0.4) is 0 Å². The maximum atomic E-state index is 13.6. The summed E-state index contributed by atoms with van der Waals surface area (Å²) >= 11 is 4.26. The van der Waals surface area contributed by atoms with Gasteiger partial charge in [0.05, 0.1) is 17.3 Å². The van der Waals surface area contributed by atoms with Crippen molar-refractivity contribution in [3.8, 4) is 11.1 Å². The molecule has 1 fully saturated rings. The number of fused-ring (bicyclic) bond motifs is 3. The van der Waals surface area contributed by atoms with Gasteiger partial charge in [0.2, 0.25) is 0 Å². The molecule has 1 N–H and O–H groups in total. The van der Waals surface area contributed by atoms with Crippen molar-refractivity contribution in [3.63, 3.8) is 0 Å². The van der Waals surface area contributed by atoms with E-state index in [-0.39, 0.29) is 17.4 Å². The molecular formula is C24H20ClFN3O3S-. The first-order valence-electron chi connectivity index (χ1n) is 10.4. The lowest BCUT2D eigenvalue weighted by Crippen LogP contribution is -2.31. The van der Waals surface area contributed by atoms with E-state index in [0.717, 1.165) is 22.3 Å². The van der Waals surface area contributed by atoms with Crippen LogP contribution >= 0.6 is 11.6 Å². The van der Waals surface area contributed by atoms with E-state index < -0.39 is 16.8 Å². The standard InChI is InChI=1S/C24H21ClFN3O3S/c1-13-16-11-22(30)29(2)12-19(16)17-9-20(24(7-8-24)28-33(31)32)21(25)10-18(17)23(27-13)14-3-5-15(26)6-4-14/h3-6,9-13,28H,7-8H2,1-2H3,(H,31,32)/p-1/t13-/m0/s1. The first-order valence-corrected chi connectivity index (χ1v) is 11.9. The molecule has 0 amide bonds. The third kappa shape index (κ3) is 3.87. The highest BCUT2D eigenvalue weighted by Crippen LogP contribution is 2.50. The molecule has 2 aliphatic rings. The molecule has 170 valence electrons. The summed E-state index contributed by atoms with van der Waals surface area (Å²) in [6, 6.07) is 11.0. The number of pyridine rings is 1. The van der Waals surface area contributed by atoms with Crippen LogP contribution in [0.4, 0.5) is 4.39 Å². The van der Waals surface area contributed by atoms with Crippen molar-refractivity contribution in [1.29, 1.82) is 0 Å². The van der Waals surface area contributed by atoms with Crippen molar-refractivity contribution >= 4 is 28.6 Å². The summed E-state index contributed by atoms with van der Waals surface area (Å²) in [6.45, 7) is 1.90. The summed E-state index contributed by atoms with van der Waals surface area (Å²) < 4.78 is 40.6. The molecule has 9 heteroatoms. The molecule has 2 aromatic carbocycles. The van der Waals surface area contributed by atoms with E-state index in [4.69, 9.17) is 16.6 Å². The normalized spacial score (nSPS) is 19.2. The number of aliphatic imine (C=N–C) groups is 1. The number of nitrogens with one attached hydrogen (secondary N) is 1. The summed E-state index contributed by atoms with van der Waals surface area (Å²) in [4.78, 5) is 17.3. The molecular weight excluding hydrogens is 465 g/mol. The number of hydrogen-bond acceptors (Lipinski definition) is 4. The van der Waals surface area contributed by atoms with E-state index >= 15 is 0 Å². The van der Waals surface area contributed by atoms with Gasteiger partial charge in [-0.3, -0.25) is 14.0 Å². The molecule has 1 aromatic heterocycles. The summed E-state index contributed by atoms with van der Waals surface area (Å²) in [6.07, 6.45) is 3.04. The van der Waals surface area contributed by atoms with Crippen molar-refractivity contribution in [2.75, 3.05) is 0 Å². The molecule has 0 bridgehead atoms. The Morgan fingerprint density at radius 2 is 1.88 bits per heavy atom. The van der Waals surface area contributed by atoms with Gasteiger partial charge in [0.15, 0.2) is 0 Å². The van der Waals surface area contributed by atoms with Gasteiger partial charge in [-0.15, -0.1) is 0 Å². The zero-order valence-electron chi connectivity index (χ0n) is 17.9. The molecule has 0 spiro atoms. The van der Waals surface area contributed by atoms with Crippen LogP contribution in [0.2, 0.25) is 5.02 Å². The van der Waals surface area contributed by atoms with E-state index in [2.05, 4.69) is 4.72 Å². The number of aromatic nitrogens is 1. The number of rotatable bonds is 4. The monoisotopic (exact) mass is 484 g/mol. The van der Waals surface area contributed by atoms with Crippen molar-refractivity contribution in [2.45, 2.75) is 31.3 Å². The van der Waals surface area contributed by atoms with Gasteiger partial charge in [0.1, 0.15) is 5.82 Å². The molecule has 1 aliphatic heterocycles. The first-order chi connectivity index (χ1) is 15.7. The Morgan fingerprint density at radius 1 is 1.18 bits per heavy atom. The Bertz CT molecular complexity index is 1400. The van der Waals surface area contributed by atoms with Crippen molar-refractivity contribution < 1.29 is 13.2 Å². The second-order valence-corrected chi connectivity index (χ2v) is 9.63. The molecule has 1 unspecified atom stereocenters. The fraction of sp³-hybridized carbons (Fsp3) is 0.250. The number of nitrogens with zero attached hydrogens (tertiary/aromatic N) is 2. The van der Waals surface area contributed by atoms with Crippen LogP contribution in [-0.4, -0.2) is 19.0 Å². The van der Waals surface area contributed by atoms with Crippen LogP contribution in [0.1, 0.15) is 48.1 Å². The summed E-state index contributed by atoms with van der Waals surface area (Å²) in [5.74, 6) is -0.353. The van der Waals surface area contributed by atoms with E-state index in [1.165, 1.54) is 16.7 Å². The van der Waals surface area contributed by atoms with Gasteiger partial charge in [0, 0.05) is 52.3 Å². The SMILES string of the molecule is C[C@@H]1N=C(c2ccc(F)cc2)c2cc(Cl)c(C3(NS(=O)[O-])CC3)cc2-c2cn(C)c(=O)cc21. The molecule has 1 aliphatic carbocycles. The molecule has 5 rings (SSSR count). The van der Waals surface area contributed by atoms with Crippen LogP contribution in [-0.2, 0) is 23.9 Å². The Hall–Kier alpha value is -2.65. The average Bonchev–Trinajstić information content (AvgIpc) is 3.54. The van der Waals surface area contributed by atoms with Crippen LogP contribution < -0.4 is 10.3 Å². The fourth-order valence-electron chi connectivity index (χ4n) is 4.46. The number of hydrogen-bond donors (Lipinski definition) is 1. The van der Waals surface area contributed by atoms with Crippen LogP contribution in [0.15, 0.2) is 58.4 Å². The maximum Gasteiger partial charge on any atom is 0.250 e. The minimum Gasteiger partial charge on any atom is -0.760 e. The van der Waals surface area contributed by atoms with Gasteiger partial charge in [0.25, 0.3) is 5.56 Å².